The molecule has 5 heteroatoms. The van der Waals surface area contributed by atoms with Crippen LogP contribution in [0.15, 0.2) is 0 Å². The number of unbranched alkanes of at least 4 members (excludes halogenated alkanes) is 44. The van der Waals surface area contributed by atoms with Crippen molar-refractivity contribution in [3.05, 3.63) is 0 Å². The molecule has 1 amide bonds. The van der Waals surface area contributed by atoms with Crippen LogP contribution in [0.25, 0.3) is 0 Å². The third-order valence-corrected chi connectivity index (χ3v) is 13.5. The van der Waals surface area contributed by atoms with Gasteiger partial charge in [-0.15, -0.1) is 0 Å². The number of rotatable bonds is 52. The van der Waals surface area contributed by atoms with Crippen LogP contribution in [0.4, 0.5) is 0 Å². The summed E-state index contributed by atoms with van der Waals surface area (Å²) in [6, 6.07) is -0.706. The number of nitrogens with one attached hydrogen (secondary N) is 1. The van der Waals surface area contributed by atoms with Crippen LogP contribution in [0.1, 0.15) is 322 Å². The van der Waals surface area contributed by atoms with Crippen LogP contribution >= 0.6 is 0 Å². The van der Waals surface area contributed by atoms with Crippen molar-refractivity contribution in [3.63, 3.8) is 0 Å². The van der Waals surface area contributed by atoms with Gasteiger partial charge in [-0.1, -0.05) is 309 Å². The summed E-state index contributed by atoms with van der Waals surface area (Å²) in [5, 5.41) is 33.4. The third-order valence-electron chi connectivity index (χ3n) is 13.5. The van der Waals surface area contributed by atoms with Gasteiger partial charge in [-0.2, -0.15) is 0 Å². The predicted molar refractivity (Wildman–Crippen MR) is 264 cm³/mol. The standard InChI is InChI=1S/C55H111NO4/c1-3-5-7-9-11-13-15-17-19-20-21-22-23-24-25-26-27-28-29-30-31-32-33-34-35-36-38-40-42-44-46-48-50-54(59)55(60)56-52(51-57)53(58)49-47-45-43-41-39-37-18-16-14-12-10-8-6-4-2/h52-54,57-59H,3-51H2,1-2H3,(H,56,60). The molecule has 3 unspecified atom stereocenters. The molecule has 0 aromatic heterocycles. The summed E-state index contributed by atoms with van der Waals surface area (Å²) in [6.45, 7) is 4.26. The molecule has 0 aliphatic carbocycles. The van der Waals surface area contributed by atoms with E-state index in [1.54, 1.807) is 0 Å². The highest BCUT2D eigenvalue weighted by Crippen LogP contribution is 2.18. The van der Waals surface area contributed by atoms with Gasteiger partial charge in [-0.25, -0.2) is 0 Å². The summed E-state index contributed by atoms with van der Waals surface area (Å²) in [7, 11) is 0. The van der Waals surface area contributed by atoms with E-state index >= 15 is 0 Å². The van der Waals surface area contributed by atoms with Gasteiger partial charge in [0.2, 0.25) is 5.91 Å². The molecule has 3 atom stereocenters. The Morgan fingerprint density at radius 3 is 0.750 bits per heavy atom. The maximum Gasteiger partial charge on any atom is 0.249 e. The Kier molecular flexibility index (Phi) is 50.4. The third kappa shape index (κ3) is 45.4. The summed E-state index contributed by atoms with van der Waals surface area (Å²) in [6.07, 6.45) is 61.6. The van der Waals surface area contributed by atoms with E-state index < -0.39 is 24.2 Å². The Labute approximate surface area is 377 Å². The van der Waals surface area contributed by atoms with Gasteiger partial charge in [0.05, 0.1) is 18.8 Å². The van der Waals surface area contributed by atoms with Gasteiger partial charge in [0.15, 0.2) is 0 Å². The quantitative estimate of drug-likeness (QED) is 0.0459. The second-order valence-corrected chi connectivity index (χ2v) is 19.5. The van der Waals surface area contributed by atoms with Crippen LogP contribution in [0.2, 0.25) is 0 Å². The van der Waals surface area contributed by atoms with E-state index in [-0.39, 0.29) is 6.61 Å². The molecule has 0 aliphatic heterocycles. The van der Waals surface area contributed by atoms with Crippen LogP contribution in [-0.2, 0) is 4.79 Å². The Bertz CT molecular complexity index is 807. The first-order chi connectivity index (χ1) is 29.6. The van der Waals surface area contributed by atoms with Gasteiger partial charge in [0.25, 0.3) is 0 Å². The van der Waals surface area contributed by atoms with Crippen LogP contribution in [0.3, 0.4) is 0 Å². The fourth-order valence-electron chi connectivity index (χ4n) is 9.14. The summed E-state index contributed by atoms with van der Waals surface area (Å²) in [4.78, 5) is 12.5. The first kappa shape index (κ1) is 59.4. The van der Waals surface area contributed by atoms with Crippen LogP contribution < -0.4 is 5.32 Å². The molecule has 5 nitrogen and oxygen atoms in total. The summed E-state index contributed by atoms with van der Waals surface area (Å²) in [5.41, 5.74) is 0. The van der Waals surface area contributed by atoms with E-state index in [1.807, 2.05) is 0 Å². The molecule has 0 aliphatic rings. The maximum atomic E-state index is 12.5. The van der Waals surface area contributed by atoms with E-state index in [2.05, 4.69) is 19.2 Å². The zero-order chi connectivity index (χ0) is 43.7. The molecular weight excluding hydrogens is 739 g/mol. The highest BCUT2D eigenvalue weighted by Gasteiger charge is 2.23. The maximum absolute atomic E-state index is 12.5. The summed E-state index contributed by atoms with van der Waals surface area (Å²) < 4.78 is 0. The number of amides is 1. The molecule has 0 heterocycles. The van der Waals surface area contributed by atoms with Crippen molar-refractivity contribution in [2.24, 2.45) is 0 Å². The molecule has 0 fully saturated rings. The first-order valence-corrected chi connectivity index (χ1v) is 27.8. The Morgan fingerprint density at radius 1 is 0.333 bits per heavy atom. The first-order valence-electron chi connectivity index (χ1n) is 27.8. The van der Waals surface area contributed by atoms with Crippen molar-refractivity contribution in [3.8, 4) is 0 Å². The minimum absolute atomic E-state index is 0.308. The van der Waals surface area contributed by atoms with Gasteiger partial charge in [0, 0.05) is 0 Å². The second-order valence-electron chi connectivity index (χ2n) is 19.5. The summed E-state index contributed by atoms with van der Waals surface area (Å²) >= 11 is 0. The van der Waals surface area contributed by atoms with E-state index in [0.29, 0.717) is 12.8 Å². The van der Waals surface area contributed by atoms with Gasteiger partial charge < -0.3 is 20.6 Å². The Hall–Kier alpha value is -0.650. The molecule has 60 heavy (non-hydrogen) atoms. The smallest absolute Gasteiger partial charge is 0.249 e. The number of hydrogen-bond donors (Lipinski definition) is 4. The lowest BCUT2D eigenvalue weighted by Crippen LogP contribution is -2.49. The van der Waals surface area contributed by atoms with E-state index in [4.69, 9.17) is 0 Å². The van der Waals surface area contributed by atoms with Crippen LogP contribution in [-0.4, -0.2) is 46.1 Å². The Balaban J connectivity index is 3.43. The highest BCUT2D eigenvalue weighted by molar-refractivity contribution is 5.80. The molecule has 0 saturated heterocycles. The highest BCUT2D eigenvalue weighted by atomic mass is 16.3. The van der Waals surface area contributed by atoms with E-state index in [9.17, 15) is 20.1 Å². The fraction of sp³-hybridized carbons (Fsp3) is 0.982. The zero-order valence-electron chi connectivity index (χ0n) is 41.1. The summed E-state index contributed by atoms with van der Waals surface area (Å²) in [5.74, 6) is -0.463. The topological polar surface area (TPSA) is 89.8 Å². The van der Waals surface area contributed by atoms with Crippen molar-refractivity contribution in [1.82, 2.24) is 5.32 Å². The molecular formula is C55H111NO4. The average Bonchev–Trinajstić information content (AvgIpc) is 3.25. The van der Waals surface area contributed by atoms with Crippen molar-refractivity contribution in [1.29, 1.82) is 0 Å². The van der Waals surface area contributed by atoms with Gasteiger partial charge in [0.1, 0.15) is 6.10 Å². The normalized spacial score (nSPS) is 13.2. The van der Waals surface area contributed by atoms with Crippen molar-refractivity contribution in [2.45, 2.75) is 340 Å². The SMILES string of the molecule is CCCCCCCCCCCCCCCCCCCCCCCCCCCCCCCCCCC(O)C(=O)NC(CO)C(O)CCCCCCCCCCCCCCCC. The molecule has 0 aromatic carbocycles. The number of aliphatic hydroxyl groups excluding tert-OH is 3. The lowest BCUT2D eigenvalue weighted by molar-refractivity contribution is -0.131. The zero-order valence-corrected chi connectivity index (χ0v) is 41.1. The molecule has 4 N–H and O–H groups in total. The van der Waals surface area contributed by atoms with Crippen molar-refractivity contribution >= 4 is 5.91 Å². The minimum atomic E-state index is -1.07. The fourth-order valence-corrected chi connectivity index (χ4v) is 9.14. The van der Waals surface area contributed by atoms with Gasteiger partial charge in [-0.3, -0.25) is 4.79 Å². The van der Waals surface area contributed by atoms with Crippen LogP contribution in [0, 0.1) is 0 Å². The largest absolute Gasteiger partial charge is 0.394 e. The Morgan fingerprint density at radius 2 is 0.533 bits per heavy atom. The second kappa shape index (κ2) is 51.0. The molecule has 360 valence electrons. The van der Waals surface area contributed by atoms with Gasteiger partial charge in [-0.05, 0) is 12.8 Å². The monoisotopic (exact) mass is 850 g/mol. The molecule has 0 aromatic rings. The number of carbonyl (C=O) groups is 1. The lowest BCUT2D eigenvalue weighted by atomic mass is 10.0. The van der Waals surface area contributed by atoms with E-state index in [0.717, 1.165) is 32.1 Å². The van der Waals surface area contributed by atoms with Crippen molar-refractivity contribution < 1.29 is 20.1 Å². The van der Waals surface area contributed by atoms with E-state index in [1.165, 1.54) is 263 Å². The molecule has 0 saturated carbocycles. The number of aliphatic hydroxyl groups is 3. The van der Waals surface area contributed by atoms with Gasteiger partial charge >= 0.3 is 0 Å². The number of carbonyl (C=O) groups excluding carboxylic acids is 1. The molecule has 0 bridgehead atoms. The van der Waals surface area contributed by atoms with Crippen LogP contribution in [0.5, 0.6) is 0 Å². The number of hydrogen-bond acceptors (Lipinski definition) is 4. The lowest BCUT2D eigenvalue weighted by Gasteiger charge is -2.23. The molecule has 0 radical (unpaired) electrons. The molecule has 0 spiro atoms. The average molecular weight is 850 g/mol. The minimum Gasteiger partial charge on any atom is -0.394 e. The predicted octanol–water partition coefficient (Wildman–Crippen LogP) is 16.9. The molecule has 0 rings (SSSR count). The van der Waals surface area contributed by atoms with Crippen molar-refractivity contribution in [2.75, 3.05) is 6.61 Å².